The zero-order valence-corrected chi connectivity index (χ0v) is 11.9. The predicted octanol–water partition coefficient (Wildman–Crippen LogP) is 4.66. The molecule has 0 heterocycles. The number of carbonyl (C=O) groups excluding carboxylic acids is 1. The molecule has 2 rings (SSSR count). The van der Waals surface area contributed by atoms with E-state index < -0.39 is 0 Å². The Balaban J connectivity index is 2.34. The van der Waals surface area contributed by atoms with Crippen molar-refractivity contribution in [3.05, 3.63) is 64.1 Å². The quantitative estimate of drug-likeness (QED) is 0.806. The normalized spacial score (nSPS) is 10.3. The van der Waals surface area contributed by atoms with E-state index in [-0.39, 0.29) is 5.91 Å². The average molecular weight is 294 g/mol. The van der Waals surface area contributed by atoms with Crippen LogP contribution in [0.1, 0.15) is 17.3 Å². The number of benzene rings is 2. The van der Waals surface area contributed by atoms with Gasteiger partial charge in [0.1, 0.15) is 0 Å². The number of carbonyl (C=O) groups is 1. The zero-order valence-electron chi connectivity index (χ0n) is 10.4. The Morgan fingerprint density at radius 1 is 1.05 bits per heavy atom. The SMILES string of the molecule is CCN(C(=O)c1ccccc1)c1ccc(Cl)c(Cl)c1. The van der Waals surface area contributed by atoms with Crippen LogP contribution >= 0.6 is 23.2 Å². The molecule has 2 nitrogen and oxygen atoms in total. The molecule has 0 saturated heterocycles. The minimum atomic E-state index is -0.0542. The topological polar surface area (TPSA) is 20.3 Å². The van der Waals surface area contributed by atoms with Crippen molar-refractivity contribution < 1.29 is 4.79 Å². The van der Waals surface area contributed by atoms with Crippen molar-refractivity contribution in [2.45, 2.75) is 6.92 Å². The summed E-state index contributed by atoms with van der Waals surface area (Å²) in [6.07, 6.45) is 0. The van der Waals surface area contributed by atoms with Crippen LogP contribution in [0.3, 0.4) is 0 Å². The molecule has 0 bridgehead atoms. The highest BCUT2D eigenvalue weighted by atomic mass is 35.5. The lowest BCUT2D eigenvalue weighted by atomic mass is 10.2. The third kappa shape index (κ3) is 3.09. The van der Waals surface area contributed by atoms with Gasteiger partial charge in [-0.25, -0.2) is 0 Å². The van der Waals surface area contributed by atoms with Crippen LogP contribution in [0.15, 0.2) is 48.5 Å². The van der Waals surface area contributed by atoms with Crippen molar-refractivity contribution in [2.24, 2.45) is 0 Å². The second-order valence-electron chi connectivity index (χ2n) is 4.01. The largest absolute Gasteiger partial charge is 0.309 e. The predicted molar refractivity (Wildman–Crippen MR) is 80.3 cm³/mol. The molecule has 0 aromatic heterocycles. The molecule has 98 valence electrons. The zero-order chi connectivity index (χ0) is 13.8. The smallest absolute Gasteiger partial charge is 0.258 e. The molecular weight excluding hydrogens is 281 g/mol. The van der Waals surface area contributed by atoms with E-state index in [1.54, 1.807) is 35.2 Å². The van der Waals surface area contributed by atoms with Crippen LogP contribution in [-0.4, -0.2) is 12.5 Å². The number of nitrogens with zero attached hydrogens (tertiary/aromatic N) is 1. The maximum Gasteiger partial charge on any atom is 0.258 e. The molecule has 2 aromatic carbocycles. The number of anilines is 1. The van der Waals surface area contributed by atoms with Gasteiger partial charge in [0, 0.05) is 17.8 Å². The molecule has 0 aliphatic heterocycles. The summed E-state index contributed by atoms with van der Waals surface area (Å²) in [5.74, 6) is -0.0542. The van der Waals surface area contributed by atoms with Gasteiger partial charge in [0.2, 0.25) is 0 Å². The Kier molecular flexibility index (Phi) is 4.46. The maximum atomic E-state index is 12.4. The molecule has 0 N–H and O–H groups in total. The molecule has 0 atom stereocenters. The van der Waals surface area contributed by atoms with E-state index in [4.69, 9.17) is 23.2 Å². The molecule has 0 spiro atoms. The first-order valence-electron chi connectivity index (χ1n) is 5.95. The van der Waals surface area contributed by atoms with Crippen LogP contribution in [0.2, 0.25) is 10.0 Å². The van der Waals surface area contributed by atoms with Crippen LogP contribution in [0.5, 0.6) is 0 Å². The highest BCUT2D eigenvalue weighted by molar-refractivity contribution is 6.42. The Morgan fingerprint density at radius 2 is 1.74 bits per heavy atom. The number of amides is 1. The van der Waals surface area contributed by atoms with Crippen LogP contribution in [0.25, 0.3) is 0 Å². The summed E-state index contributed by atoms with van der Waals surface area (Å²) in [5.41, 5.74) is 1.39. The lowest BCUT2D eigenvalue weighted by Gasteiger charge is -2.21. The molecule has 0 unspecified atom stereocenters. The summed E-state index contributed by atoms with van der Waals surface area (Å²) in [6, 6.07) is 14.3. The summed E-state index contributed by atoms with van der Waals surface area (Å²) in [5, 5.41) is 0.923. The number of halogens is 2. The Bertz CT molecular complexity index is 584. The fraction of sp³-hybridized carbons (Fsp3) is 0.133. The Hall–Kier alpha value is -1.51. The van der Waals surface area contributed by atoms with Gasteiger partial charge in [0.15, 0.2) is 0 Å². The fourth-order valence-corrected chi connectivity index (χ4v) is 2.13. The van der Waals surface area contributed by atoms with Crippen molar-refractivity contribution in [1.29, 1.82) is 0 Å². The van der Waals surface area contributed by atoms with Gasteiger partial charge in [-0.1, -0.05) is 41.4 Å². The van der Waals surface area contributed by atoms with E-state index in [0.29, 0.717) is 22.2 Å². The summed E-state index contributed by atoms with van der Waals surface area (Å²) >= 11 is 11.9. The number of hydrogen-bond acceptors (Lipinski definition) is 1. The first-order chi connectivity index (χ1) is 9.13. The molecule has 0 aliphatic carbocycles. The van der Waals surface area contributed by atoms with Crippen LogP contribution in [-0.2, 0) is 0 Å². The van der Waals surface area contributed by atoms with Gasteiger partial charge < -0.3 is 4.90 Å². The Labute approximate surface area is 122 Å². The number of rotatable bonds is 3. The first kappa shape index (κ1) is 13.9. The molecule has 0 aliphatic rings. The van der Waals surface area contributed by atoms with Gasteiger partial charge in [-0.3, -0.25) is 4.79 Å². The van der Waals surface area contributed by atoms with Crippen molar-refractivity contribution in [3.8, 4) is 0 Å². The van der Waals surface area contributed by atoms with Crippen LogP contribution in [0.4, 0.5) is 5.69 Å². The van der Waals surface area contributed by atoms with E-state index in [9.17, 15) is 4.79 Å². The first-order valence-corrected chi connectivity index (χ1v) is 6.71. The number of hydrogen-bond donors (Lipinski definition) is 0. The molecule has 0 fully saturated rings. The van der Waals surface area contributed by atoms with Gasteiger partial charge in [-0.15, -0.1) is 0 Å². The molecule has 1 amide bonds. The molecule has 0 radical (unpaired) electrons. The second kappa shape index (κ2) is 6.09. The van der Waals surface area contributed by atoms with E-state index in [0.717, 1.165) is 5.69 Å². The highest BCUT2D eigenvalue weighted by Crippen LogP contribution is 2.27. The summed E-state index contributed by atoms with van der Waals surface area (Å²) in [6.45, 7) is 2.48. The van der Waals surface area contributed by atoms with Crippen molar-refractivity contribution in [3.63, 3.8) is 0 Å². The van der Waals surface area contributed by atoms with Crippen LogP contribution < -0.4 is 4.90 Å². The molecule has 19 heavy (non-hydrogen) atoms. The molecule has 2 aromatic rings. The molecule has 0 saturated carbocycles. The van der Waals surface area contributed by atoms with E-state index >= 15 is 0 Å². The highest BCUT2D eigenvalue weighted by Gasteiger charge is 2.16. The summed E-state index contributed by atoms with van der Waals surface area (Å²) in [4.78, 5) is 14.1. The van der Waals surface area contributed by atoms with Gasteiger partial charge >= 0.3 is 0 Å². The van der Waals surface area contributed by atoms with Crippen molar-refractivity contribution in [2.75, 3.05) is 11.4 Å². The van der Waals surface area contributed by atoms with Gasteiger partial charge in [0.25, 0.3) is 5.91 Å². The maximum absolute atomic E-state index is 12.4. The van der Waals surface area contributed by atoms with E-state index in [2.05, 4.69) is 0 Å². The lowest BCUT2D eigenvalue weighted by Crippen LogP contribution is -2.30. The summed E-state index contributed by atoms with van der Waals surface area (Å²) < 4.78 is 0. The van der Waals surface area contributed by atoms with E-state index in [1.165, 1.54) is 0 Å². The summed E-state index contributed by atoms with van der Waals surface area (Å²) in [7, 11) is 0. The van der Waals surface area contributed by atoms with Crippen molar-refractivity contribution in [1.82, 2.24) is 0 Å². The third-order valence-corrected chi connectivity index (χ3v) is 3.54. The van der Waals surface area contributed by atoms with Crippen molar-refractivity contribution >= 4 is 34.8 Å². The molecular formula is C15H13Cl2NO. The van der Waals surface area contributed by atoms with Gasteiger partial charge in [-0.2, -0.15) is 0 Å². The van der Waals surface area contributed by atoms with Gasteiger partial charge in [-0.05, 0) is 37.3 Å². The lowest BCUT2D eigenvalue weighted by molar-refractivity contribution is 0.0988. The second-order valence-corrected chi connectivity index (χ2v) is 4.83. The minimum absolute atomic E-state index is 0.0542. The fourth-order valence-electron chi connectivity index (χ4n) is 1.83. The van der Waals surface area contributed by atoms with Gasteiger partial charge in [0.05, 0.1) is 10.0 Å². The Morgan fingerprint density at radius 3 is 2.32 bits per heavy atom. The van der Waals surface area contributed by atoms with Crippen LogP contribution in [0, 0.1) is 0 Å². The standard InChI is InChI=1S/C15H13Cl2NO/c1-2-18(12-8-9-13(16)14(17)10-12)15(19)11-6-4-3-5-7-11/h3-10H,2H2,1H3. The third-order valence-electron chi connectivity index (χ3n) is 2.80. The average Bonchev–Trinajstić information content (AvgIpc) is 2.44. The van der Waals surface area contributed by atoms with E-state index in [1.807, 2.05) is 25.1 Å². The monoisotopic (exact) mass is 293 g/mol. The minimum Gasteiger partial charge on any atom is -0.309 e. The molecule has 4 heteroatoms.